The summed E-state index contributed by atoms with van der Waals surface area (Å²) in [6.45, 7) is 2.19. The van der Waals surface area contributed by atoms with Gasteiger partial charge in [0, 0.05) is 42.5 Å². The summed E-state index contributed by atoms with van der Waals surface area (Å²) in [4.78, 5) is 11.6. The van der Waals surface area contributed by atoms with Crippen molar-refractivity contribution in [2.45, 2.75) is 24.3 Å². The Kier molecular flexibility index (Phi) is 5.49. The summed E-state index contributed by atoms with van der Waals surface area (Å²) in [6, 6.07) is 10.2. The number of nitrogens with two attached hydrogens (primary N) is 1. The third-order valence-electron chi connectivity index (χ3n) is 4.00. The predicted octanol–water partition coefficient (Wildman–Crippen LogP) is 1.94. The van der Waals surface area contributed by atoms with Crippen molar-refractivity contribution >= 4 is 44.8 Å². The van der Waals surface area contributed by atoms with Gasteiger partial charge in [0.1, 0.15) is 0 Å². The molecule has 1 saturated heterocycles. The van der Waals surface area contributed by atoms with Crippen LogP contribution in [0.3, 0.4) is 0 Å². The van der Waals surface area contributed by atoms with Crippen molar-refractivity contribution < 1.29 is 13.2 Å². The number of anilines is 1. The number of halogens is 1. The molecule has 0 saturated carbocycles. The summed E-state index contributed by atoms with van der Waals surface area (Å²) >= 11 is 0. The van der Waals surface area contributed by atoms with Crippen molar-refractivity contribution in [2.24, 2.45) is 5.73 Å². The lowest BCUT2D eigenvalue weighted by molar-refractivity contribution is -0.114. The topological polar surface area (TPSA) is 92.5 Å². The van der Waals surface area contributed by atoms with Gasteiger partial charge in [0.25, 0.3) is 0 Å². The molecule has 3 N–H and O–H groups in total. The third kappa shape index (κ3) is 3.39. The number of carbonyl (C=O) groups excluding carboxylic acids is 1. The van der Waals surface area contributed by atoms with Crippen LogP contribution in [0.2, 0.25) is 0 Å². The van der Waals surface area contributed by atoms with Crippen molar-refractivity contribution in [3.63, 3.8) is 0 Å². The maximum absolute atomic E-state index is 12.9. The molecule has 1 aliphatic heterocycles. The van der Waals surface area contributed by atoms with Crippen LogP contribution in [0.5, 0.6) is 0 Å². The molecular formula is C16H20ClN3O3S. The monoisotopic (exact) mass is 369 g/mol. The van der Waals surface area contributed by atoms with Crippen LogP contribution in [-0.4, -0.2) is 37.8 Å². The van der Waals surface area contributed by atoms with Gasteiger partial charge in [-0.2, -0.15) is 4.31 Å². The molecule has 130 valence electrons. The molecule has 2 aromatic carbocycles. The number of amides is 1. The van der Waals surface area contributed by atoms with E-state index in [4.69, 9.17) is 5.73 Å². The van der Waals surface area contributed by atoms with Crippen LogP contribution in [0.1, 0.15) is 13.3 Å². The van der Waals surface area contributed by atoms with Crippen LogP contribution in [0.4, 0.5) is 5.69 Å². The summed E-state index contributed by atoms with van der Waals surface area (Å²) in [6.07, 6.45) is 0.668. The molecule has 2 aromatic rings. The van der Waals surface area contributed by atoms with Crippen molar-refractivity contribution in [3.8, 4) is 0 Å². The highest BCUT2D eigenvalue weighted by molar-refractivity contribution is 7.89. The quantitative estimate of drug-likeness (QED) is 0.864. The minimum absolute atomic E-state index is 0. The minimum Gasteiger partial charge on any atom is -0.326 e. The molecule has 8 heteroatoms. The van der Waals surface area contributed by atoms with E-state index in [9.17, 15) is 13.2 Å². The van der Waals surface area contributed by atoms with Gasteiger partial charge >= 0.3 is 0 Å². The van der Waals surface area contributed by atoms with Crippen molar-refractivity contribution in [1.82, 2.24) is 4.31 Å². The van der Waals surface area contributed by atoms with Gasteiger partial charge < -0.3 is 11.1 Å². The number of fused-ring (bicyclic) bond motifs is 1. The molecule has 0 radical (unpaired) electrons. The van der Waals surface area contributed by atoms with E-state index in [2.05, 4.69) is 5.32 Å². The number of rotatable bonds is 3. The van der Waals surface area contributed by atoms with Gasteiger partial charge in [-0.1, -0.05) is 24.3 Å². The molecule has 1 atom stereocenters. The Morgan fingerprint density at radius 1 is 1.21 bits per heavy atom. The second-order valence-corrected chi connectivity index (χ2v) is 7.66. The number of nitrogens with one attached hydrogen (secondary N) is 1. The van der Waals surface area contributed by atoms with E-state index in [0.717, 1.165) is 0 Å². The normalized spacial score (nSPS) is 18.3. The maximum atomic E-state index is 12.9. The Labute approximate surface area is 147 Å². The van der Waals surface area contributed by atoms with E-state index < -0.39 is 10.0 Å². The molecule has 3 rings (SSSR count). The van der Waals surface area contributed by atoms with E-state index in [1.54, 1.807) is 30.3 Å². The fourth-order valence-corrected chi connectivity index (χ4v) is 4.61. The first-order chi connectivity index (χ1) is 10.9. The van der Waals surface area contributed by atoms with Gasteiger partial charge in [0.15, 0.2) is 0 Å². The highest BCUT2D eigenvalue weighted by Gasteiger charge is 2.32. The highest BCUT2D eigenvalue weighted by Crippen LogP contribution is 2.32. The molecule has 0 aliphatic carbocycles. The molecule has 0 spiro atoms. The van der Waals surface area contributed by atoms with Crippen LogP contribution in [-0.2, 0) is 14.8 Å². The number of benzene rings is 2. The van der Waals surface area contributed by atoms with Crippen LogP contribution < -0.4 is 11.1 Å². The average Bonchev–Trinajstić information content (AvgIpc) is 2.94. The largest absolute Gasteiger partial charge is 0.326 e. The van der Waals surface area contributed by atoms with E-state index in [0.29, 0.717) is 36.0 Å². The lowest BCUT2D eigenvalue weighted by Gasteiger charge is -2.18. The molecule has 1 fully saturated rings. The molecule has 6 nitrogen and oxygen atoms in total. The first-order valence-corrected chi connectivity index (χ1v) is 8.88. The van der Waals surface area contributed by atoms with Crippen LogP contribution in [0.15, 0.2) is 41.3 Å². The zero-order chi connectivity index (χ0) is 16.6. The second kappa shape index (κ2) is 7.06. The molecule has 1 amide bonds. The zero-order valence-corrected chi connectivity index (χ0v) is 14.9. The van der Waals surface area contributed by atoms with E-state index in [1.165, 1.54) is 11.2 Å². The SMILES string of the molecule is CC(=O)Nc1ccc(S(=O)(=O)N2CC[C@@H](N)C2)c2ccccc12.Cl. The molecule has 0 unspecified atom stereocenters. The Bertz CT molecular complexity index is 870. The van der Waals surface area contributed by atoms with Crippen LogP contribution >= 0.6 is 12.4 Å². The molecule has 1 aliphatic rings. The maximum Gasteiger partial charge on any atom is 0.243 e. The zero-order valence-electron chi connectivity index (χ0n) is 13.2. The first kappa shape index (κ1) is 18.7. The lowest BCUT2D eigenvalue weighted by atomic mass is 10.1. The molecule has 1 heterocycles. The number of nitrogens with zero attached hydrogens (tertiary/aromatic N) is 1. The number of hydrogen-bond acceptors (Lipinski definition) is 4. The minimum atomic E-state index is -3.60. The smallest absolute Gasteiger partial charge is 0.243 e. The summed E-state index contributed by atoms with van der Waals surface area (Å²) in [5.41, 5.74) is 6.44. The fraction of sp³-hybridized carbons (Fsp3) is 0.312. The van der Waals surface area contributed by atoms with E-state index >= 15 is 0 Å². The van der Waals surface area contributed by atoms with Gasteiger partial charge in [-0.3, -0.25) is 4.79 Å². The van der Waals surface area contributed by atoms with Gasteiger partial charge in [-0.05, 0) is 18.6 Å². The third-order valence-corrected chi connectivity index (χ3v) is 5.92. The molecule has 24 heavy (non-hydrogen) atoms. The molecule has 0 aromatic heterocycles. The first-order valence-electron chi connectivity index (χ1n) is 7.44. The Balaban J connectivity index is 0.00000208. The predicted molar refractivity (Wildman–Crippen MR) is 96.9 cm³/mol. The number of hydrogen-bond donors (Lipinski definition) is 2. The highest BCUT2D eigenvalue weighted by atomic mass is 35.5. The Morgan fingerprint density at radius 3 is 2.46 bits per heavy atom. The lowest BCUT2D eigenvalue weighted by Crippen LogP contribution is -2.32. The summed E-state index contributed by atoms with van der Waals surface area (Å²) < 4.78 is 27.2. The standard InChI is InChI=1S/C16H19N3O3S.ClH/c1-11(20)18-15-6-7-16(14-5-3-2-4-13(14)15)23(21,22)19-9-8-12(17)10-19;/h2-7,12H,8-10,17H2,1H3,(H,18,20);1H/t12-;/m1./s1. The van der Waals surface area contributed by atoms with Crippen molar-refractivity contribution in [3.05, 3.63) is 36.4 Å². The molecular weight excluding hydrogens is 350 g/mol. The van der Waals surface area contributed by atoms with Crippen molar-refractivity contribution in [1.29, 1.82) is 0 Å². The van der Waals surface area contributed by atoms with E-state index in [-0.39, 0.29) is 29.3 Å². The summed E-state index contributed by atoms with van der Waals surface area (Å²) in [5.74, 6) is -0.198. The fourth-order valence-electron chi connectivity index (χ4n) is 2.91. The number of carbonyl (C=O) groups is 1. The van der Waals surface area contributed by atoms with Gasteiger partial charge in [0.2, 0.25) is 15.9 Å². The second-order valence-electron chi connectivity index (χ2n) is 5.75. The Morgan fingerprint density at radius 2 is 1.88 bits per heavy atom. The average molecular weight is 370 g/mol. The van der Waals surface area contributed by atoms with E-state index in [1.807, 2.05) is 6.07 Å². The van der Waals surface area contributed by atoms with Crippen molar-refractivity contribution in [2.75, 3.05) is 18.4 Å². The molecule has 0 bridgehead atoms. The Hall–Kier alpha value is -1.67. The number of sulfonamides is 1. The summed E-state index contributed by atoms with van der Waals surface area (Å²) in [5, 5.41) is 4.03. The van der Waals surface area contributed by atoms with Gasteiger partial charge in [-0.25, -0.2) is 8.42 Å². The van der Waals surface area contributed by atoms with Crippen LogP contribution in [0.25, 0.3) is 10.8 Å². The van der Waals surface area contributed by atoms with Gasteiger partial charge in [-0.15, -0.1) is 12.4 Å². The summed E-state index contributed by atoms with van der Waals surface area (Å²) in [7, 11) is -3.60. The van der Waals surface area contributed by atoms with Crippen LogP contribution in [0, 0.1) is 0 Å². The van der Waals surface area contributed by atoms with Gasteiger partial charge in [0.05, 0.1) is 4.90 Å².